The number of benzene rings is 3. The Morgan fingerprint density at radius 3 is 2.32 bits per heavy atom. The number of hydrogen-bond donors (Lipinski definition) is 1. The number of phenols is 1. The summed E-state index contributed by atoms with van der Waals surface area (Å²) in [7, 11) is 0. The highest BCUT2D eigenvalue weighted by molar-refractivity contribution is 5.79. The number of alkyl halides is 3. The summed E-state index contributed by atoms with van der Waals surface area (Å²) >= 11 is 0. The number of Topliss-reactive ketones (excluding diaryl/α,β-unsaturated/α-hetero) is 1. The minimum atomic E-state index is -4.52. The zero-order valence-electron chi connectivity index (χ0n) is 20.7. The monoisotopic (exact) mass is 527 g/mol. The summed E-state index contributed by atoms with van der Waals surface area (Å²) in [6, 6.07) is 16.7. The Balaban J connectivity index is 1.65. The van der Waals surface area contributed by atoms with Crippen LogP contribution < -0.4 is 5.69 Å². The summed E-state index contributed by atoms with van der Waals surface area (Å²) in [6.45, 7) is 2.81. The van der Waals surface area contributed by atoms with Crippen LogP contribution in [0.15, 0.2) is 77.6 Å². The van der Waals surface area contributed by atoms with Crippen molar-refractivity contribution in [2.45, 2.75) is 44.9 Å². The van der Waals surface area contributed by atoms with E-state index < -0.39 is 41.0 Å². The first-order valence-corrected chi connectivity index (χ1v) is 11.7. The molecule has 1 heterocycles. The van der Waals surface area contributed by atoms with Crippen molar-refractivity contribution in [2.24, 2.45) is 0 Å². The molecule has 0 aliphatic carbocycles. The van der Waals surface area contributed by atoms with E-state index in [0.717, 1.165) is 16.8 Å². The van der Waals surface area contributed by atoms with E-state index in [2.05, 4.69) is 5.10 Å². The summed E-state index contributed by atoms with van der Waals surface area (Å²) in [6.07, 6.45) is -4.67. The fourth-order valence-electron chi connectivity index (χ4n) is 4.30. The van der Waals surface area contributed by atoms with Crippen molar-refractivity contribution < 1.29 is 27.5 Å². The molecule has 4 aromatic rings. The molecule has 0 amide bonds. The number of aromatic hydroxyl groups is 1. The van der Waals surface area contributed by atoms with Crippen molar-refractivity contribution in [2.75, 3.05) is 0 Å². The van der Waals surface area contributed by atoms with Crippen LogP contribution in [0.4, 0.5) is 17.6 Å². The van der Waals surface area contributed by atoms with Gasteiger partial charge in [0.1, 0.15) is 18.1 Å². The topological polar surface area (TPSA) is 77.1 Å². The van der Waals surface area contributed by atoms with Crippen LogP contribution in [0.3, 0.4) is 0 Å². The van der Waals surface area contributed by atoms with Crippen LogP contribution in [-0.2, 0) is 29.5 Å². The number of para-hydroxylation sites is 1. The number of hydrogen-bond acceptors (Lipinski definition) is 4. The fraction of sp³-hybridized carbons (Fsp3) is 0.250. The molecule has 3 aromatic carbocycles. The van der Waals surface area contributed by atoms with E-state index in [-0.39, 0.29) is 30.1 Å². The SMILES string of the molecule is CC(C)(CC(=O)Cn1nc(-c2ccccc2O)n(Cc2cccc(F)c2)c1=O)c1cccc(C(F)(F)F)c1. The van der Waals surface area contributed by atoms with Crippen LogP contribution in [0.25, 0.3) is 11.4 Å². The van der Waals surface area contributed by atoms with Gasteiger partial charge in [0.15, 0.2) is 11.6 Å². The van der Waals surface area contributed by atoms with Gasteiger partial charge in [-0.15, -0.1) is 5.10 Å². The van der Waals surface area contributed by atoms with Crippen LogP contribution in [-0.4, -0.2) is 25.2 Å². The summed E-state index contributed by atoms with van der Waals surface area (Å²) < 4.78 is 55.5. The second kappa shape index (κ2) is 10.3. The number of carbonyl (C=O) groups excluding carboxylic acids is 1. The average molecular weight is 528 g/mol. The normalized spacial score (nSPS) is 12.1. The van der Waals surface area contributed by atoms with Crippen molar-refractivity contribution in [3.05, 3.63) is 106 Å². The van der Waals surface area contributed by atoms with Gasteiger partial charge in [0.2, 0.25) is 0 Å². The molecule has 10 heteroatoms. The highest BCUT2D eigenvalue weighted by atomic mass is 19.4. The van der Waals surface area contributed by atoms with Crippen LogP contribution >= 0.6 is 0 Å². The number of aromatic nitrogens is 3. The third-order valence-corrected chi connectivity index (χ3v) is 6.23. The molecule has 198 valence electrons. The third-order valence-electron chi connectivity index (χ3n) is 6.23. The average Bonchev–Trinajstić information content (AvgIpc) is 3.13. The number of rotatable bonds is 8. The van der Waals surface area contributed by atoms with Gasteiger partial charge in [-0.3, -0.25) is 9.36 Å². The maximum atomic E-state index is 13.8. The van der Waals surface area contributed by atoms with Crippen molar-refractivity contribution in [3.8, 4) is 17.1 Å². The van der Waals surface area contributed by atoms with Gasteiger partial charge in [0.25, 0.3) is 0 Å². The summed E-state index contributed by atoms with van der Waals surface area (Å²) in [5, 5.41) is 14.7. The minimum absolute atomic E-state index is 0.0653. The Labute approximate surface area is 215 Å². The lowest BCUT2D eigenvalue weighted by atomic mass is 9.79. The predicted octanol–water partition coefficient (Wildman–Crippen LogP) is 5.56. The van der Waals surface area contributed by atoms with E-state index in [1.165, 1.54) is 41.0 Å². The first-order chi connectivity index (χ1) is 17.8. The minimum Gasteiger partial charge on any atom is -0.507 e. The standard InChI is InChI=1S/C28H25F4N3O3/c1-27(2,19-8-6-9-20(14-19)28(30,31)32)15-22(36)17-35-26(38)34(16-18-7-5-10-21(29)13-18)25(33-35)23-11-3-4-12-24(23)37/h3-14,37H,15-17H2,1-2H3. The van der Waals surface area contributed by atoms with E-state index in [1.807, 2.05) is 0 Å². The smallest absolute Gasteiger partial charge is 0.416 e. The van der Waals surface area contributed by atoms with E-state index >= 15 is 0 Å². The van der Waals surface area contributed by atoms with E-state index in [0.29, 0.717) is 11.1 Å². The molecule has 0 spiro atoms. The predicted molar refractivity (Wildman–Crippen MR) is 133 cm³/mol. The highest BCUT2D eigenvalue weighted by Gasteiger charge is 2.33. The highest BCUT2D eigenvalue weighted by Crippen LogP contribution is 2.34. The molecular weight excluding hydrogens is 502 g/mol. The van der Waals surface area contributed by atoms with Crippen molar-refractivity contribution >= 4 is 5.78 Å². The van der Waals surface area contributed by atoms with Gasteiger partial charge in [-0.25, -0.2) is 13.9 Å². The lowest BCUT2D eigenvalue weighted by Gasteiger charge is -2.25. The quantitative estimate of drug-likeness (QED) is 0.305. The van der Waals surface area contributed by atoms with Crippen LogP contribution in [0, 0.1) is 5.82 Å². The van der Waals surface area contributed by atoms with E-state index in [1.54, 1.807) is 38.1 Å². The lowest BCUT2D eigenvalue weighted by molar-refractivity contribution is -0.137. The number of halogens is 4. The second-order valence-electron chi connectivity index (χ2n) is 9.67. The molecule has 6 nitrogen and oxygen atoms in total. The Morgan fingerprint density at radius 2 is 1.63 bits per heavy atom. The molecule has 0 aliphatic rings. The molecule has 38 heavy (non-hydrogen) atoms. The molecule has 0 aliphatic heterocycles. The van der Waals surface area contributed by atoms with E-state index in [4.69, 9.17) is 0 Å². The summed E-state index contributed by atoms with van der Waals surface area (Å²) in [5.41, 5.74) is -1.36. The Morgan fingerprint density at radius 1 is 0.947 bits per heavy atom. The molecule has 1 aromatic heterocycles. The Kier molecular flexibility index (Phi) is 7.26. The molecule has 0 atom stereocenters. The van der Waals surface area contributed by atoms with Crippen molar-refractivity contribution in [1.29, 1.82) is 0 Å². The zero-order chi connectivity index (χ0) is 27.7. The lowest BCUT2D eigenvalue weighted by Crippen LogP contribution is -2.31. The van der Waals surface area contributed by atoms with Crippen LogP contribution in [0.2, 0.25) is 0 Å². The number of nitrogens with zero attached hydrogens (tertiary/aromatic N) is 3. The number of ketones is 1. The molecule has 0 saturated heterocycles. The van der Waals surface area contributed by atoms with Crippen LogP contribution in [0.5, 0.6) is 5.75 Å². The van der Waals surface area contributed by atoms with Crippen molar-refractivity contribution in [3.63, 3.8) is 0 Å². The number of carbonyl (C=O) groups is 1. The van der Waals surface area contributed by atoms with Crippen molar-refractivity contribution in [1.82, 2.24) is 14.3 Å². The maximum Gasteiger partial charge on any atom is 0.416 e. The van der Waals surface area contributed by atoms with Gasteiger partial charge < -0.3 is 5.11 Å². The molecular formula is C28H25F4N3O3. The molecule has 0 unspecified atom stereocenters. The molecule has 1 N–H and O–H groups in total. The van der Waals surface area contributed by atoms with Gasteiger partial charge in [-0.2, -0.15) is 13.2 Å². The fourth-order valence-corrected chi connectivity index (χ4v) is 4.30. The van der Waals surface area contributed by atoms with Gasteiger partial charge in [0.05, 0.1) is 17.7 Å². The van der Waals surface area contributed by atoms with Crippen LogP contribution in [0.1, 0.15) is 37.0 Å². The molecule has 0 bridgehead atoms. The number of phenolic OH excluding ortho intramolecular Hbond substituents is 1. The van der Waals surface area contributed by atoms with E-state index in [9.17, 15) is 32.3 Å². The van der Waals surface area contributed by atoms with Gasteiger partial charge in [-0.1, -0.05) is 56.3 Å². The molecule has 0 fully saturated rings. The second-order valence-corrected chi connectivity index (χ2v) is 9.67. The molecule has 4 rings (SSSR count). The molecule has 0 saturated carbocycles. The Bertz CT molecular complexity index is 1540. The van der Waals surface area contributed by atoms with Gasteiger partial charge >= 0.3 is 11.9 Å². The maximum absolute atomic E-state index is 13.8. The molecule has 0 radical (unpaired) electrons. The van der Waals surface area contributed by atoms with Gasteiger partial charge in [-0.05, 0) is 46.9 Å². The first kappa shape index (κ1) is 26.8. The first-order valence-electron chi connectivity index (χ1n) is 11.7. The van der Waals surface area contributed by atoms with Gasteiger partial charge in [0, 0.05) is 6.42 Å². The Hall–Kier alpha value is -4.21. The third kappa shape index (κ3) is 5.85. The summed E-state index contributed by atoms with van der Waals surface area (Å²) in [4.78, 5) is 26.3. The summed E-state index contributed by atoms with van der Waals surface area (Å²) in [5.74, 6) is -0.961. The largest absolute Gasteiger partial charge is 0.507 e. The zero-order valence-corrected chi connectivity index (χ0v) is 20.7.